The Labute approximate surface area is 419 Å². The average Bonchev–Trinajstić information content (AvgIpc) is 3.34. The molecule has 7 atom stereocenters. The van der Waals surface area contributed by atoms with Crippen molar-refractivity contribution in [3.05, 3.63) is 36.5 Å². The minimum Gasteiger partial charge on any atom is -0.394 e. The van der Waals surface area contributed by atoms with Crippen LogP contribution in [-0.2, 0) is 14.3 Å². The molecule has 1 amide bonds. The number of aliphatic hydroxyl groups is 5. The van der Waals surface area contributed by atoms with Crippen LogP contribution in [0.1, 0.15) is 277 Å². The topological polar surface area (TPSA) is 149 Å². The van der Waals surface area contributed by atoms with Crippen LogP contribution in [0.25, 0.3) is 0 Å². The summed E-state index contributed by atoms with van der Waals surface area (Å²) in [5, 5.41) is 54.5. The summed E-state index contributed by atoms with van der Waals surface area (Å²) in [7, 11) is 0. The van der Waals surface area contributed by atoms with Crippen LogP contribution in [0.15, 0.2) is 36.5 Å². The first-order valence-corrected chi connectivity index (χ1v) is 29.2. The normalized spacial score (nSPS) is 19.8. The third-order valence-electron chi connectivity index (χ3n) is 14.0. The Hall–Kier alpha value is -1.59. The summed E-state index contributed by atoms with van der Waals surface area (Å²) in [4.78, 5) is 13.0. The van der Waals surface area contributed by atoms with E-state index in [-0.39, 0.29) is 12.5 Å². The van der Waals surface area contributed by atoms with Crippen molar-refractivity contribution in [2.24, 2.45) is 0 Å². The minimum absolute atomic E-state index is 0.182. The van der Waals surface area contributed by atoms with Gasteiger partial charge in [0, 0.05) is 6.42 Å². The van der Waals surface area contributed by atoms with Gasteiger partial charge in [-0.2, -0.15) is 0 Å². The van der Waals surface area contributed by atoms with Crippen molar-refractivity contribution in [3.63, 3.8) is 0 Å². The Balaban J connectivity index is 2.21. The summed E-state index contributed by atoms with van der Waals surface area (Å²) in [5.41, 5.74) is 0. The summed E-state index contributed by atoms with van der Waals surface area (Å²) in [6.07, 6.45) is 56.4. The van der Waals surface area contributed by atoms with Crippen LogP contribution in [0.4, 0.5) is 0 Å². The van der Waals surface area contributed by atoms with Gasteiger partial charge >= 0.3 is 0 Å². The molecule has 1 saturated heterocycles. The van der Waals surface area contributed by atoms with Crippen molar-refractivity contribution in [2.45, 2.75) is 320 Å². The van der Waals surface area contributed by atoms with Gasteiger partial charge in [0.05, 0.1) is 25.4 Å². The molecule has 1 rings (SSSR count). The van der Waals surface area contributed by atoms with Crippen LogP contribution < -0.4 is 5.32 Å². The lowest BCUT2D eigenvalue weighted by Gasteiger charge is -2.40. The highest BCUT2D eigenvalue weighted by atomic mass is 16.7. The Kier molecular flexibility index (Phi) is 46.4. The molecule has 6 N–H and O–H groups in total. The molecule has 9 nitrogen and oxygen atoms in total. The molecule has 0 aromatic rings. The molecule has 0 aromatic heterocycles. The van der Waals surface area contributed by atoms with Gasteiger partial charge in [0.2, 0.25) is 5.91 Å². The molecule has 0 spiro atoms. The number of carbonyl (C=O) groups is 1. The first-order valence-electron chi connectivity index (χ1n) is 29.2. The fourth-order valence-corrected chi connectivity index (χ4v) is 9.31. The lowest BCUT2D eigenvalue weighted by Crippen LogP contribution is -2.60. The van der Waals surface area contributed by atoms with Gasteiger partial charge in [-0.25, -0.2) is 0 Å². The molecule has 400 valence electrons. The SMILES string of the molecule is CCCCCC/C=C\C/C=C\CCCCCCCCCC(=O)NC(COC1OC(CO)C(O)C(O)C1O)C(O)/C=C/CCCCCCCCCCCCCCCCCCCCCCCCCCC. The number of amides is 1. The van der Waals surface area contributed by atoms with Crippen molar-refractivity contribution in [3.8, 4) is 0 Å². The highest BCUT2D eigenvalue weighted by Crippen LogP contribution is 2.23. The van der Waals surface area contributed by atoms with E-state index in [1.54, 1.807) is 6.08 Å². The van der Waals surface area contributed by atoms with Crippen LogP contribution in [0, 0.1) is 0 Å². The number of rotatable bonds is 50. The van der Waals surface area contributed by atoms with E-state index in [4.69, 9.17) is 9.47 Å². The summed E-state index contributed by atoms with van der Waals surface area (Å²) in [5.74, 6) is -0.182. The number of aliphatic hydroxyl groups excluding tert-OH is 5. The standard InChI is InChI=1S/C59H111NO8/c1-3-5-7-9-11-13-15-17-19-21-23-24-25-26-27-28-29-30-31-32-34-36-38-40-42-44-46-48-53(62)52(51-67-59-58(66)57(65)56(64)54(50-61)68-59)60-55(63)49-47-45-43-41-39-37-35-33-22-20-18-16-14-12-10-8-6-4-2/h14,16,20,22,46,48,52-54,56-59,61-62,64-66H,3-13,15,17-19,21,23-45,47,49-51H2,1-2H3,(H,60,63)/b16-14-,22-20-,48-46+. The van der Waals surface area contributed by atoms with Crippen molar-refractivity contribution in [1.82, 2.24) is 5.32 Å². The predicted octanol–water partition coefficient (Wildman–Crippen LogP) is 14.4. The van der Waals surface area contributed by atoms with Crippen LogP contribution >= 0.6 is 0 Å². The molecule has 0 aliphatic carbocycles. The van der Waals surface area contributed by atoms with Gasteiger partial charge in [0.15, 0.2) is 6.29 Å². The monoisotopic (exact) mass is 962 g/mol. The van der Waals surface area contributed by atoms with Gasteiger partial charge in [-0.15, -0.1) is 0 Å². The molecule has 0 radical (unpaired) electrons. The number of hydrogen-bond donors (Lipinski definition) is 6. The fourth-order valence-electron chi connectivity index (χ4n) is 9.31. The van der Waals surface area contributed by atoms with Crippen LogP contribution in [0.2, 0.25) is 0 Å². The molecule has 7 unspecified atom stereocenters. The van der Waals surface area contributed by atoms with Crippen LogP contribution in [0.5, 0.6) is 0 Å². The van der Waals surface area contributed by atoms with E-state index in [1.165, 1.54) is 199 Å². The highest BCUT2D eigenvalue weighted by Gasteiger charge is 2.44. The summed E-state index contributed by atoms with van der Waals surface area (Å²) >= 11 is 0. The van der Waals surface area contributed by atoms with Gasteiger partial charge in [-0.3, -0.25) is 4.79 Å². The molecule has 0 bridgehead atoms. The van der Waals surface area contributed by atoms with Gasteiger partial charge in [-0.1, -0.05) is 256 Å². The molecule has 1 aliphatic rings. The van der Waals surface area contributed by atoms with E-state index in [1.807, 2.05) is 6.08 Å². The van der Waals surface area contributed by atoms with Crippen molar-refractivity contribution in [2.75, 3.05) is 13.2 Å². The number of nitrogens with one attached hydrogen (secondary N) is 1. The molecule has 0 aromatic carbocycles. The second-order valence-electron chi connectivity index (χ2n) is 20.4. The van der Waals surface area contributed by atoms with E-state index < -0.39 is 49.5 Å². The Bertz CT molecular complexity index is 1160. The molecule has 0 saturated carbocycles. The zero-order valence-corrected chi connectivity index (χ0v) is 44.4. The zero-order chi connectivity index (χ0) is 49.4. The van der Waals surface area contributed by atoms with Gasteiger partial charge in [0.1, 0.15) is 24.4 Å². The van der Waals surface area contributed by atoms with Gasteiger partial charge in [-0.05, 0) is 51.4 Å². The maximum Gasteiger partial charge on any atom is 0.220 e. The third-order valence-corrected chi connectivity index (χ3v) is 14.0. The number of carbonyl (C=O) groups excluding carboxylic acids is 1. The van der Waals surface area contributed by atoms with Gasteiger partial charge < -0.3 is 40.3 Å². The lowest BCUT2D eigenvalue weighted by atomic mass is 9.99. The smallest absolute Gasteiger partial charge is 0.220 e. The summed E-state index contributed by atoms with van der Waals surface area (Å²) in [6.45, 7) is 3.78. The van der Waals surface area contributed by atoms with Crippen molar-refractivity contribution < 1.29 is 39.8 Å². The van der Waals surface area contributed by atoms with Crippen LogP contribution in [0.3, 0.4) is 0 Å². The van der Waals surface area contributed by atoms with Crippen molar-refractivity contribution in [1.29, 1.82) is 0 Å². The maximum atomic E-state index is 13.0. The molecule has 1 aliphatic heterocycles. The molecular formula is C59H111NO8. The molecule has 1 heterocycles. The number of hydrogen-bond acceptors (Lipinski definition) is 8. The first kappa shape index (κ1) is 64.4. The highest BCUT2D eigenvalue weighted by molar-refractivity contribution is 5.76. The lowest BCUT2D eigenvalue weighted by molar-refractivity contribution is -0.302. The van der Waals surface area contributed by atoms with E-state index in [2.05, 4.69) is 43.5 Å². The second-order valence-corrected chi connectivity index (χ2v) is 20.4. The minimum atomic E-state index is -1.57. The Morgan fingerprint density at radius 1 is 0.500 bits per heavy atom. The second kappa shape index (κ2) is 49.0. The molecular weight excluding hydrogens is 851 g/mol. The number of ether oxygens (including phenoxy) is 2. The predicted molar refractivity (Wildman–Crippen MR) is 286 cm³/mol. The van der Waals surface area contributed by atoms with E-state index in [9.17, 15) is 30.3 Å². The molecule has 68 heavy (non-hydrogen) atoms. The Morgan fingerprint density at radius 3 is 1.28 bits per heavy atom. The molecule has 1 fully saturated rings. The largest absolute Gasteiger partial charge is 0.394 e. The zero-order valence-electron chi connectivity index (χ0n) is 44.4. The quantitative estimate of drug-likeness (QED) is 0.0261. The van der Waals surface area contributed by atoms with Crippen molar-refractivity contribution >= 4 is 5.91 Å². The fraction of sp³-hybridized carbons (Fsp3) is 0.881. The average molecular weight is 963 g/mol. The Morgan fingerprint density at radius 2 is 0.868 bits per heavy atom. The first-order chi connectivity index (χ1) is 33.3. The third kappa shape index (κ3) is 38.1. The van der Waals surface area contributed by atoms with Gasteiger partial charge in [0.25, 0.3) is 0 Å². The number of unbranched alkanes of at least 4 members (excludes halogenated alkanes) is 36. The summed E-state index contributed by atoms with van der Waals surface area (Å²) in [6, 6.07) is -0.809. The summed E-state index contributed by atoms with van der Waals surface area (Å²) < 4.78 is 11.3. The van der Waals surface area contributed by atoms with E-state index in [0.717, 1.165) is 57.8 Å². The van der Waals surface area contributed by atoms with Crippen LogP contribution in [-0.4, -0.2) is 87.5 Å². The van der Waals surface area contributed by atoms with E-state index >= 15 is 0 Å². The van der Waals surface area contributed by atoms with E-state index in [0.29, 0.717) is 6.42 Å². The molecule has 9 heteroatoms. The number of allylic oxidation sites excluding steroid dienone is 5. The maximum absolute atomic E-state index is 13.0.